The molecule has 8 heteroatoms. The maximum atomic E-state index is 13.0. The average molecular weight is 465 g/mol. The van der Waals surface area contributed by atoms with Crippen LogP contribution in [0.4, 0.5) is 0 Å². The lowest BCUT2D eigenvalue weighted by atomic mass is 9.92. The zero-order valence-electron chi connectivity index (χ0n) is 19.3. The number of carboxylic acid groups (broad SMARTS) is 1. The minimum atomic E-state index is -1.02. The molecule has 2 aliphatic rings. The van der Waals surface area contributed by atoms with Crippen molar-refractivity contribution in [3.05, 3.63) is 64.7 Å². The molecule has 1 fully saturated rings. The first-order chi connectivity index (χ1) is 16.2. The minimum absolute atomic E-state index is 0.0678. The molecule has 4 rings (SSSR count). The maximum absolute atomic E-state index is 13.0. The summed E-state index contributed by atoms with van der Waals surface area (Å²) in [5.74, 6) is -0.773. The Hall–Kier alpha value is -3.52. The third-order valence-corrected chi connectivity index (χ3v) is 6.46. The molecule has 34 heavy (non-hydrogen) atoms. The number of nitrogens with zero attached hydrogens (tertiary/aromatic N) is 1. The highest BCUT2D eigenvalue weighted by atomic mass is 16.5. The molecule has 2 aromatic rings. The first-order valence-corrected chi connectivity index (χ1v) is 11.3. The van der Waals surface area contributed by atoms with E-state index in [-0.39, 0.29) is 23.9 Å². The van der Waals surface area contributed by atoms with E-state index in [1.165, 1.54) is 0 Å². The lowest BCUT2D eigenvalue weighted by Gasteiger charge is -2.29. The Kier molecular flexibility index (Phi) is 6.52. The molecule has 0 aromatic heterocycles. The third-order valence-electron chi connectivity index (χ3n) is 6.46. The highest BCUT2D eigenvalue weighted by molar-refractivity contribution is 6.07. The molecule has 178 valence electrons. The van der Waals surface area contributed by atoms with Crippen LogP contribution in [0.15, 0.2) is 42.5 Å². The summed E-state index contributed by atoms with van der Waals surface area (Å²) in [4.78, 5) is 49.7. The van der Waals surface area contributed by atoms with E-state index in [1.807, 2.05) is 30.3 Å². The summed E-state index contributed by atoms with van der Waals surface area (Å²) in [6.45, 7) is 4.25. The van der Waals surface area contributed by atoms with Crippen LogP contribution in [0.5, 0.6) is 5.75 Å². The van der Waals surface area contributed by atoms with Crippen molar-refractivity contribution < 1.29 is 29.0 Å². The number of aliphatic carboxylic acids is 1. The summed E-state index contributed by atoms with van der Waals surface area (Å²) in [5, 5.41) is 12.2. The number of carbonyl (C=O) groups excluding carboxylic acids is 3. The predicted molar refractivity (Wildman–Crippen MR) is 123 cm³/mol. The van der Waals surface area contributed by atoms with E-state index >= 15 is 0 Å². The van der Waals surface area contributed by atoms with E-state index in [2.05, 4.69) is 5.32 Å². The molecule has 1 aliphatic carbocycles. The first kappa shape index (κ1) is 23.6. The van der Waals surface area contributed by atoms with Gasteiger partial charge in [-0.1, -0.05) is 30.3 Å². The largest absolute Gasteiger partial charge is 0.489 e. The van der Waals surface area contributed by atoms with E-state index in [1.54, 1.807) is 30.9 Å². The van der Waals surface area contributed by atoms with E-state index in [9.17, 15) is 24.3 Å². The smallest absolute Gasteiger partial charge is 0.323 e. The zero-order valence-corrected chi connectivity index (χ0v) is 19.3. The number of benzene rings is 2. The molecule has 2 aromatic carbocycles. The molecule has 1 heterocycles. The van der Waals surface area contributed by atoms with Crippen molar-refractivity contribution in [1.29, 1.82) is 0 Å². The molecule has 1 aliphatic heterocycles. The highest BCUT2D eigenvalue weighted by Gasteiger charge is 2.40. The van der Waals surface area contributed by atoms with Gasteiger partial charge in [0.25, 0.3) is 5.91 Å². The standard InChI is InChI=1S/C26H28N2O6/c1-26(2,25(32)33)27-13-16-6-8-17(9-7-16)15-34-23-5-3-4-19-20(23)14-28(24(19)31)21-11-10-18(29)12-22(21)30/h3-9,21,27H,10-15H2,1-2H3,(H,32,33). The van der Waals surface area contributed by atoms with E-state index in [4.69, 9.17) is 4.74 Å². The van der Waals surface area contributed by atoms with Crippen LogP contribution in [-0.4, -0.2) is 45.0 Å². The average Bonchev–Trinajstić information content (AvgIpc) is 3.14. The van der Waals surface area contributed by atoms with Gasteiger partial charge in [0.05, 0.1) is 19.0 Å². The van der Waals surface area contributed by atoms with E-state index < -0.39 is 17.6 Å². The van der Waals surface area contributed by atoms with Crippen molar-refractivity contribution in [3.8, 4) is 5.75 Å². The number of ketones is 2. The molecule has 0 spiro atoms. The highest BCUT2D eigenvalue weighted by Crippen LogP contribution is 2.34. The van der Waals surface area contributed by atoms with E-state index in [0.717, 1.165) is 16.7 Å². The van der Waals surface area contributed by atoms with Crippen LogP contribution in [-0.2, 0) is 34.1 Å². The van der Waals surface area contributed by atoms with Gasteiger partial charge in [-0.05, 0) is 43.5 Å². The summed E-state index contributed by atoms with van der Waals surface area (Å²) < 4.78 is 6.04. The number of hydrogen-bond donors (Lipinski definition) is 2. The molecule has 2 N–H and O–H groups in total. The predicted octanol–water partition coefficient (Wildman–Crippen LogP) is 2.86. The monoisotopic (exact) mass is 464 g/mol. The van der Waals surface area contributed by atoms with Gasteiger partial charge in [0, 0.05) is 24.1 Å². The van der Waals surface area contributed by atoms with Crippen molar-refractivity contribution in [2.24, 2.45) is 0 Å². The number of nitrogens with one attached hydrogen (secondary N) is 1. The second-order valence-corrected chi connectivity index (χ2v) is 9.34. The van der Waals surface area contributed by atoms with Crippen LogP contribution in [0.1, 0.15) is 60.2 Å². The summed E-state index contributed by atoms with van der Waals surface area (Å²) in [7, 11) is 0. The number of hydrogen-bond acceptors (Lipinski definition) is 6. The first-order valence-electron chi connectivity index (χ1n) is 11.3. The summed E-state index contributed by atoms with van der Waals surface area (Å²) >= 11 is 0. The fourth-order valence-electron chi connectivity index (χ4n) is 4.21. The fraction of sp³-hybridized carbons (Fsp3) is 0.385. The molecule has 1 atom stereocenters. The van der Waals surface area contributed by atoms with Gasteiger partial charge < -0.3 is 14.7 Å². The Labute approximate surface area is 197 Å². The fourth-order valence-corrected chi connectivity index (χ4v) is 4.21. The van der Waals surface area contributed by atoms with Gasteiger partial charge in [0.1, 0.15) is 23.7 Å². The molecule has 0 saturated heterocycles. The van der Waals surface area contributed by atoms with Crippen LogP contribution in [0.2, 0.25) is 0 Å². The minimum Gasteiger partial charge on any atom is -0.489 e. The Bertz CT molecular complexity index is 1140. The molecular formula is C26H28N2O6. The molecule has 0 bridgehead atoms. The molecule has 1 amide bonds. The van der Waals surface area contributed by atoms with Gasteiger partial charge in [0.15, 0.2) is 5.78 Å². The number of Topliss-reactive ketones (excluding diaryl/α,β-unsaturated/α-hetero) is 2. The van der Waals surface area contributed by atoms with E-state index in [0.29, 0.717) is 43.9 Å². The molecule has 1 unspecified atom stereocenters. The Morgan fingerprint density at radius 2 is 1.82 bits per heavy atom. The van der Waals surface area contributed by atoms with Gasteiger partial charge in [0.2, 0.25) is 0 Å². The summed E-state index contributed by atoms with van der Waals surface area (Å²) in [6.07, 6.45) is 0.588. The molecule has 8 nitrogen and oxygen atoms in total. The van der Waals surface area contributed by atoms with Crippen LogP contribution in [0, 0.1) is 0 Å². The van der Waals surface area contributed by atoms with Crippen molar-refractivity contribution in [2.45, 2.75) is 64.4 Å². The second-order valence-electron chi connectivity index (χ2n) is 9.34. The van der Waals surface area contributed by atoms with Gasteiger partial charge in [-0.25, -0.2) is 0 Å². The van der Waals surface area contributed by atoms with Gasteiger partial charge in [-0.2, -0.15) is 0 Å². The van der Waals surface area contributed by atoms with Crippen LogP contribution < -0.4 is 10.1 Å². The molecular weight excluding hydrogens is 436 g/mol. The quantitative estimate of drug-likeness (QED) is 0.578. The van der Waals surface area contributed by atoms with Crippen LogP contribution in [0.3, 0.4) is 0 Å². The Morgan fingerprint density at radius 1 is 1.12 bits per heavy atom. The second kappa shape index (κ2) is 9.38. The van der Waals surface area contributed by atoms with Crippen LogP contribution in [0.25, 0.3) is 0 Å². The Balaban J connectivity index is 1.40. The summed E-state index contributed by atoms with van der Waals surface area (Å²) in [5.41, 5.74) is 2.16. The normalized spacial score (nSPS) is 18.2. The molecule has 1 saturated carbocycles. The summed E-state index contributed by atoms with van der Waals surface area (Å²) in [6, 6.07) is 12.4. The zero-order chi connectivity index (χ0) is 24.5. The van der Waals surface area contributed by atoms with Crippen molar-refractivity contribution in [2.75, 3.05) is 0 Å². The lowest BCUT2D eigenvalue weighted by Crippen LogP contribution is -2.46. The van der Waals surface area contributed by atoms with Crippen molar-refractivity contribution in [1.82, 2.24) is 10.2 Å². The molecule has 0 radical (unpaired) electrons. The topological polar surface area (TPSA) is 113 Å². The number of carbonyl (C=O) groups is 4. The number of amides is 1. The Morgan fingerprint density at radius 3 is 2.50 bits per heavy atom. The number of carboxylic acids is 1. The lowest BCUT2D eigenvalue weighted by molar-refractivity contribution is -0.143. The van der Waals surface area contributed by atoms with Crippen molar-refractivity contribution >= 4 is 23.4 Å². The number of ether oxygens (including phenoxy) is 1. The van der Waals surface area contributed by atoms with Crippen molar-refractivity contribution in [3.63, 3.8) is 0 Å². The van der Waals surface area contributed by atoms with Gasteiger partial charge in [-0.15, -0.1) is 0 Å². The van der Waals surface area contributed by atoms with Gasteiger partial charge >= 0.3 is 5.97 Å². The number of fused-ring (bicyclic) bond motifs is 1. The third kappa shape index (κ3) is 4.87. The van der Waals surface area contributed by atoms with Crippen LogP contribution >= 0.6 is 0 Å². The van der Waals surface area contributed by atoms with Gasteiger partial charge in [-0.3, -0.25) is 24.5 Å². The SMILES string of the molecule is CC(C)(NCc1ccc(COc2cccc3c2CN(C2CCC(=O)CC2=O)C3=O)cc1)C(=O)O. The number of rotatable bonds is 8. The maximum Gasteiger partial charge on any atom is 0.323 e.